The Bertz CT molecular complexity index is 554. The molecule has 0 aliphatic carbocycles. The van der Waals surface area contributed by atoms with Crippen molar-refractivity contribution in [3.63, 3.8) is 0 Å². The van der Waals surface area contributed by atoms with Crippen molar-refractivity contribution in [3.8, 4) is 11.5 Å². The number of nitrogens with zero attached hydrogens (tertiary/aromatic N) is 4. The van der Waals surface area contributed by atoms with Gasteiger partial charge in [-0.2, -0.15) is 10.2 Å². The summed E-state index contributed by atoms with van der Waals surface area (Å²) >= 11 is 5.25. The van der Waals surface area contributed by atoms with Gasteiger partial charge in [0.25, 0.3) is 0 Å². The van der Waals surface area contributed by atoms with Gasteiger partial charge in [0, 0.05) is 18.8 Å². The molecule has 16 heavy (non-hydrogen) atoms. The third kappa shape index (κ3) is 1.69. The van der Waals surface area contributed by atoms with Gasteiger partial charge >= 0.3 is 0 Å². The van der Waals surface area contributed by atoms with E-state index >= 15 is 0 Å². The lowest BCUT2D eigenvalue weighted by molar-refractivity contribution is 0.394. The highest BCUT2D eigenvalue weighted by Crippen LogP contribution is 2.23. The van der Waals surface area contributed by atoms with Crippen LogP contribution in [0.4, 0.5) is 0 Å². The lowest BCUT2D eigenvalue weighted by Gasteiger charge is -2.22. The number of aryl methyl sites for hydroxylation is 1. The monoisotopic (exact) mass is 237 g/mol. The predicted octanol–water partition coefficient (Wildman–Crippen LogP) is 2.10. The largest absolute Gasteiger partial charge is 0.293 e. The van der Waals surface area contributed by atoms with Gasteiger partial charge in [-0.25, -0.2) is 0 Å². The van der Waals surface area contributed by atoms with Crippen LogP contribution in [0.15, 0.2) is 12.3 Å². The molecule has 0 bridgehead atoms. The first-order valence-electron chi connectivity index (χ1n) is 5.07. The van der Waals surface area contributed by atoms with Crippen molar-refractivity contribution >= 4 is 12.2 Å². The number of aromatic amines is 1. The van der Waals surface area contributed by atoms with Crippen LogP contribution in [0.3, 0.4) is 0 Å². The summed E-state index contributed by atoms with van der Waals surface area (Å²) < 4.78 is 4.41. The van der Waals surface area contributed by atoms with E-state index in [-0.39, 0.29) is 5.54 Å². The summed E-state index contributed by atoms with van der Waals surface area (Å²) in [4.78, 5) is 0. The SMILES string of the molecule is Cn1nccc1-c1n[nH]c(=S)n1C(C)(C)C. The molecule has 0 aliphatic heterocycles. The molecule has 0 radical (unpaired) electrons. The van der Waals surface area contributed by atoms with Gasteiger partial charge in [0.05, 0.1) is 0 Å². The van der Waals surface area contributed by atoms with Crippen LogP contribution in [0.5, 0.6) is 0 Å². The zero-order valence-electron chi connectivity index (χ0n) is 9.85. The van der Waals surface area contributed by atoms with E-state index in [0.29, 0.717) is 4.77 Å². The minimum Gasteiger partial charge on any atom is -0.293 e. The zero-order chi connectivity index (χ0) is 11.9. The number of H-pyrrole nitrogens is 1. The fourth-order valence-electron chi connectivity index (χ4n) is 1.68. The highest BCUT2D eigenvalue weighted by Gasteiger charge is 2.21. The summed E-state index contributed by atoms with van der Waals surface area (Å²) in [6.45, 7) is 6.29. The first kappa shape index (κ1) is 11.1. The van der Waals surface area contributed by atoms with Gasteiger partial charge in [-0.1, -0.05) is 0 Å². The van der Waals surface area contributed by atoms with Crippen molar-refractivity contribution in [1.82, 2.24) is 24.5 Å². The minimum absolute atomic E-state index is 0.107. The molecule has 5 nitrogen and oxygen atoms in total. The Morgan fingerprint density at radius 3 is 2.56 bits per heavy atom. The molecule has 0 aliphatic rings. The van der Waals surface area contributed by atoms with Crippen molar-refractivity contribution in [2.45, 2.75) is 26.3 Å². The maximum Gasteiger partial charge on any atom is 0.195 e. The van der Waals surface area contributed by atoms with E-state index < -0.39 is 0 Å². The molecule has 2 aromatic rings. The fraction of sp³-hybridized carbons (Fsp3) is 0.500. The van der Waals surface area contributed by atoms with Gasteiger partial charge in [0.15, 0.2) is 10.6 Å². The molecule has 2 heterocycles. The van der Waals surface area contributed by atoms with Gasteiger partial charge in [-0.3, -0.25) is 14.3 Å². The molecule has 2 aromatic heterocycles. The Labute approximate surface area is 99.1 Å². The third-order valence-electron chi connectivity index (χ3n) is 2.39. The summed E-state index contributed by atoms with van der Waals surface area (Å²) in [5.41, 5.74) is 0.839. The normalized spacial score (nSPS) is 12.0. The molecule has 0 saturated carbocycles. The quantitative estimate of drug-likeness (QED) is 0.773. The Morgan fingerprint density at radius 2 is 2.06 bits per heavy atom. The van der Waals surface area contributed by atoms with Crippen molar-refractivity contribution < 1.29 is 0 Å². The molecule has 0 spiro atoms. The van der Waals surface area contributed by atoms with Crippen molar-refractivity contribution in [2.75, 3.05) is 0 Å². The van der Waals surface area contributed by atoms with Gasteiger partial charge in [-0.05, 0) is 39.1 Å². The molecular weight excluding hydrogens is 222 g/mol. The van der Waals surface area contributed by atoms with E-state index in [4.69, 9.17) is 12.2 Å². The van der Waals surface area contributed by atoms with Gasteiger partial charge in [-0.15, -0.1) is 0 Å². The number of hydrogen-bond acceptors (Lipinski definition) is 3. The molecule has 86 valence electrons. The van der Waals surface area contributed by atoms with E-state index in [2.05, 4.69) is 36.1 Å². The smallest absolute Gasteiger partial charge is 0.195 e. The lowest BCUT2D eigenvalue weighted by atomic mass is 10.1. The second-order valence-corrected chi connectivity index (χ2v) is 5.09. The minimum atomic E-state index is -0.107. The van der Waals surface area contributed by atoms with Crippen LogP contribution < -0.4 is 0 Å². The van der Waals surface area contributed by atoms with Gasteiger partial charge in [0.2, 0.25) is 0 Å². The molecular formula is C10H15N5S. The maximum absolute atomic E-state index is 5.25. The molecule has 1 N–H and O–H groups in total. The number of rotatable bonds is 1. The first-order chi connectivity index (χ1) is 7.41. The van der Waals surface area contributed by atoms with E-state index in [9.17, 15) is 0 Å². The first-order valence-corrected chi connectivity index (χ1v) is 5.48. The average molecular weight is 237 g/mol. The number of hydrogen-bond donors (Lipinski definition) is 1. The molecule has 0 unspecified atom stereocenters. The summed E-state index contributed by atoms with van der Waals surface area (Å²) in [7, 11) is 1.89. The van der Waals surface area contributed by atoms with Crippen LogP contribution in [-0.2, 0) is 12.6 Å². The fourth-order valence-corrected chi connectivity index (χ4v) is 2.09. The number of nitrogens with one attached hydrogen (secondary N) is 1. The van der Waals surface area contributed by atoms with Gasteiger partial charge < -0.3 is 0 Å². The average Bonchev–Trinajstić information content (AvgIpc) is 2.69. The summed E-state index contributed by atoms with van der Waals surface area (Å²) in [6, 6.07) is 1.92. The standard InChI is InChI=1S/C10H15N5S/c1-10(2,3)15-8(12-13-9(15)16)7-5-6-11-14(7)4/h5-6H,1-4H3,(H,13,16). The van der Waals surface area contributed by atoms with Crippen LogP contribution in [0.1, 0.15) is 20.8 Å². The Morgan fingerprint density at radius 1 is 1.38 bits per heavy atom. The summed E-state index contributed by atoms with van der Waals surface area (Å²) in [6.07, 6.45) is 1.75. The Kier molecular flexibility index (Phi) is 2.46. The van der Waals surface area contributed by atoms with Crippen LogP contribution in [0.2, 0.25) is 0 Å². The molecule has 0 amide bonds. The van der Waals surface area contributed by atoms with E-state index in [1.165, 1.54) is 0 Å². The van der Waals surface area contributed by atoms with Crippen LogP contribution >= 0.6 is 12.2 Å². The second-order valence-electron chi connectivity index (χ2n) is 4.70. The van der Waals surface area contributed by atoms with Crippen molar-refractivity contribution in [2.24, 2.45) is 7.05 Å². The van der Waals surface area contributed by atoms with Crippen molar-refractivity contribution in [1.29, 1.82) is 0 Å². The highest BCUT2D eigenvalue weighted by atomic mass is 32.1. The van der Waals surface area contributed by atoms with Crippen molar-refractivity contribution in [3.05, 3.63) is 17.0 Å². The molecule has 2 rings (SSSR count). The lowest BCUT2D eigenvalue weighted by Crippen LogP contribution is -2.23. The van der Waals surface area contributed by atoms with E-state index in [0.717, 1.165) is 11.5 Å². The summed E-state index contributed by atoms with van der Waals surface area (Å²) in [5, 5.41) is 11.2. The molecule has 0 saturated heterocycles. The zero-order valence-corrected chi connectivity index (χ0v) is 10.7. The van der Waals surface area contributed by atoms with E-state index in [1.807, 2.05) is 17.7 Å². The van der Waals surface area contributed by atoms with Crippen LogP contribution in [-0.4, -0.2) is 24.5 Å². The van der Waals surface area contributed by atoms with Gasteiger partial charge in [0.1, 0.15) is 5.69 Å². The van der Waals surface area contributed by atoms with E-state index in [1.54, 1.807) is 10.9 Å². The van der Waals surface area contributed by atoms with Crippen LogP contribution in [0, 0.1) is 4.77 Å². The second kappa shape index (κ2) is 3.55. The Hall–Kier alpha value is -1.43. The van der Waals surface area contributed by atoms with Crippen LogP contribution in [0.25, 0.3) is 11.5 Å². The molecule has 6 heteroatoms. The molecule has 0 fully saturated rings. The molecule has 0 aromatic carbocycles. The maximum atomic E-state index is 5.25. The predicted molar refractivity (Wildman–Crippen MR) is 64.6 cm³/mol. The highest BCUT2D eigenvalue weighted by molar-refractivity contribution is 7.71. The topological polar surface area (TPSA) is 51.4 Å². The number of aromatic nitrogens is 5. The Balaban J connectivity index is 2.69. The molecule has 0 atom stereocenters. The summed E-state index contributed by atoms with van der Waals surface area (Å²) in [5.74, 6) is 0.817. The third-order valence-corrected chi connectivity index (χ3v) is 2.67.